The average Bonchev–Trinajstić information content (AvgIpc) is 2.81. The zero-order valence-electron chi connectivity index (χ0n) is 10.7. The van der Waals surface area contributed by atoms with Crippen LogP contribution in [0.2, 0.25) is 0 Å². The van der Waals surface area contributed by atoms with Gasteiger partial charge >= 0.3 is 0 Å². The molecule has 0 fully saturated rings. The van der Waals surface area contributed by atoms with Crippen molar-refractivity contribution in [2.24, 2.45) is 0 Å². The van der Waals surface area contributed by atoms with Gasteiger partial charge in [0.25, 0.3) is 0 Å². The third-order valence-corrected chi connectivity index (χ3v) is 5.29. The maximum Gasteiger partial charge on any atom is 0.243 e. The molecule has 0 saturated carbocycles. The van der Waals surface area contributed by atoms with E-state index in [-0.39, 0.29) is 0 Å². The van der Waals surface area contributed by atoms with Gasteiger partial charge < -0.3 is 4.57 Å². The summed E-state index contributed by atoms with van der Waals surface area (Å²) < 4.78 is 28.6. The fourth-order valence-corrected chi connectivity index (χ4v) is 3.79. The van der Waals surface area contributed by atoms with Gasteiger partial charge in [-0.3, -0.25) is 0 Å². The van der Waals surface area contributed by atoms with Crippen LogP contribution in [0.1, 0.15) is 11.5 Å². The highest BCUT2D eigenvalue weighted by molar-refractivity contribution is 7.89. The Labute approximate surface area is 112 Å². The molecule has 1 aromatic heterocycles. The molecule has 19 heavy (non-hydrogen) atoms. The van der Waals surface area contributed by atoms with Crippen molar-refractivity contribution in [1.82, 2.24) is 13.9 Å². The van der Waals surface area contributed by atoms with Gasteiger partial charge in [0.1, 0.15) is 5.82 Å². The normalized spacial score (nSPS) is 16.3. The van der Waals surface area contributed by atoms with Gasteiger partial charge in [-0.05, 0) is 19.1 Å². The minimum atomic E-state index is -3.40. The van der Waals surface area contributed by atoms with Crippen molar-refractivity contribution in [2.45, 2.75) is 24.9 Å². The molecular weight excluding hydrogens is 262 g/mol. The Morgan fingerprint density at radius 2 is 1.89 bits per heavy atom. The van der Waals surface area contributed by atoms with Crippen LogP contribution >= 0.6 is 0 Å². The summed E-state index contributed by atoms with van der Waals surface area (Å²) in [5.74, 6) is 0.937. The van der Waals surface area contributed by atoms with Crippen molar-refractivity contribution < 1.29 is 8.42 Å². The summed E-state index contributed by atoms with van der Waals surface area (Å²) >= 11 is 0. The topological polar surface area (TPSA) is 55.2 Å². The molecule has 1 aromatic carbocycles. The second-order valence-corrected chi connectivity index (χ2v) is 6.54. The van der Waals surface area contributed by atoms with Crippen LogP contribution in [0.5, 0.6) is 0 Å². The van der Waals surface area contributed by atoms with E-state index in [1.807, 2.05) is 13.0 Å². The minimum absolute atomic E-state index is 0.347. The smallest absolute Gasteiger partial charge is 0.243 e. The Morgan fingerprint density at radius 3 is 2.63 bits per heavy atom. The molecule has 0 aliphatic carbocycles. The average molecular weight is 277 g/mol. The summed E-state index contributed by atoms with van der Waals surface area (Å²) in [4.78, 5) is 4.58. The highest BCUT2D eigenvalue weighted by Gasteiger charge is 2.28. The van der Waals surface area contributed by atoms with Crippen molar-refractivity contribution in [3.05, 3.63) is 48.0 Å². The first kappa shape index (κ1) is 12.4. The SMILES string of the molecule is Cc1ncc2n1CCN(S(=O)(=O)c1ccccc1)C2. The lowest BCUT2D eigenvalue weighted by Crippen LogP contribution is -2.38. The first-order valence-corrected chi connectivity index (χ1v) is 7.59. The molecule has 0 amide bonds. The fourth-order valence-electron chi connectivity index (χ4n) is 2.36. The Hall–Kier alpha value is -1.66. The summed E-state index contributed by atoms with van der Waals surface area (Å²) in [6, 6.07) is 8.56. The fraction of sp³-hybridized carbons (Fsp3) is 0.308. The van der Waals surface area contributed by atoms with Gasteiger partial charge in [0, 0.05) is 19.3 Å². The molecule has 0 atom stereocenters. The van der Waals surface area contributed by atoms with Crippen LogP contribution in [-0.4, -0.2) is 28.8 Å². The first-order valence-electron chi connectivity index (χ1n) is 6.15. The summed E-state index contributed by atoms with van der Waals surface area (Å²) in [6.07, 6.45) is 1.75. The molecule has 0 spiro atoms. The predicted molar refractivity (Wildman–Crippen MR) is 71.0 cm³/mol. The number of imidazole rings is 1. The van der Waals surface area contributed by atoms with Gasteiger partial charge in [0.05, 0.1) is 17.1 Å². The third kappa shape index (κ3) is 2.06. The molecule has 3 rings (SSSR count). The van der Waals surface area contributed by atoms with Crippen molar-refractivity contribution in [3.8, 4) is 0 Å². The van der Waals surface area contributed by atoms with E-state index in [0.717, 1.165) is 11.5 Å². The van der Waals surface area contributed by atoms with E-state index in [9.17, 15) is 8.42 Å². The maximum atomic E-state index is 12.5. The highest BCUT2D eigenvalue weighted by Crippen LogP contribution is 2.22. The number of hydrogen-bond acceptors (Lipinski definition) is 3. The third-order valence-electron chi connectivity index (χ3n) is 3.43. The summed E-state index contributed by atoms with van der Waals surface area (Å²) in [5, 5.41) is 0. The molecule has 2 heterocycles. The number of hydrogen-bond donors (Lipinski definition) is 0. The number of aromatic nitrogens is 2. The molecule has 1 aliphatic rings. The molecule has 0 saturated heterocycles. The van der Waals surface area contributed by atoms with Gasteiger partial charge in [-0.25, -0.2) is 13.4 Å². The summed E-state index contributed by atoms with van der Waals surface area (Å²) in [5.41, 5.74) is 0.947. The van der Waals surface area contributed by atoms with E-state index in [4.69, 9.17) is 0 Å². The van der Waals surface area contributed by atoms with Gasteiger partial charge in [-0.15, -0.1) is 0 Å². The minimum Gasteiger partial charge on any atom is -0.330 e. The van der Waals surface area contributed by atoms with Crippen LogP contribution in [0.3, 0.4) is 0 Å². The number of rotatable bonds is 2. The standard InChI is InChI=1S/C13H15N3O2S/c1-11-14-9-12-10-15(7-8-16(11)12)19(17,18)13-5-3-2-4-6-13/h2-6,9H,7-8,10H2,1H3. The van der Waals surface area contributed by atoms with E-state index in [0.29, 0.717) is 24.5 Å². The van der Waals surface area contributed by atoms with Gasteiger partial charge in [0.2, 0.25) is 10.0 Å². The van der Waals surface area contributed by atoms with Crippen molar-refractivity contribution in [2.75, 3.05) is 6.54 Å². The number of fused-ring (bicyclic) bond motifs is 1. The zero-order chi connectivity index (χ0) is 13.5. The monoisotopic (exact) mass is 277 g/mol. The lowest BCUT2D eigenvalue weighted by Gasteiger charge is -2.27. The molecule has 0 N–H and O–H groups in total. The van der Waals surface area contributed by atoms with Crippen LogP contribution in [0.4, 0.5) is 0 Å². The highest BCUT2D eigenvalue weighted by atomic mass is 32.2. The zero-order valence-corrected chi connectivity index (χ0v) is 11.5. The quantitative estimate of drug-likeness (QED) is 0.833. The molecule has 0 unspecified atom stereocenters. The maximum absolute atomic E-state index is 12.5. The van der Waals surface area contributed by atoms with E-state index in [1.165, 1.54) is 4.31 Å². The van der Waals surface area contributed by atoms with Crippen molar-refractivity contribution in [3.63, 3.8) is 0 Å². The van der Waals surface area contributed by atoms with Crippen LogP contribution in [0.25, 0.3) is 0 Å². The first-order chi connectivity index (χ1) is 9.09. The lowest BCUT2D eigenvalue weighted by atomic mass is 10.3. The lowest BCUT2D eigenvalue weighted by molar-refractivity contribution is 0.339. The van der Waals surface area contributed by atoms with Gasteiger partial charge in [0.15, 0.2) is 0 Å². The summed E-state index contributed by atoms with van der Waals surface area (Å²) in [6.45, 7) is 3.47. The van der Waals surface area contributed by atoms with E-state index < -0.39 is 10.0 Å². The Balaban J connectivity index is 1.93. The predicted octanol–water partition coefficient (Wildman–Crippen LogP) is 1.40. The molecule has 100 valence electrons. The van der Waals surface area contributed by atoms with E-state index in [2.05, 4.69) is 9.55 Å². The van der Waals surface area contributed by atoms with Crippen LogP contribution < -0.4 is 0 Å². The molecule has 6 heteroatoms. The number of benzene rings is 1. The van der Waals surface area contributed by atoms with Crippen LogP contribution in [-0.2, 0) is 23.1 Å². The molecule has 0 bridgehead atoms. The molecule has 5 nitrogen and oxygen atoms in total. The molecule has 1 aliphatic heterocycles. The molecule has 2 aromatic rings. The number of nitrogens with zero attached hydrogens (tertiary/aromatic N) is 3. The van der Waals surface area contributed by atoms with Crippen molar-refractivity contribution >= 4 is 10.0 Å². The Kier molecular flexibility index (Phi) is 2.91. The number of aryl methyl sites for hydroxylation is 1. The van der Waals surface area contributed by atoms with Crippen molar-refractivity contribution in [1.29, 1.82) is 0 Å². The van der Waals surface area contributed by atoms with Crippen LogP contribution in [0, 0.1) is 6.92 Å². The van der Waals surface area contributed by atoms with E-state index >= 15 is 0 Å². The van der Waals surface area contributed by atoms with E-state index in [1.54, 1.807) is 30.5 Å². The second kappa shape index (κ2) is 4.47. The summed E-state index contributed by atoms with van der Waals surface area (Å²) in [7, 11) is -3.40. The second-order valence-electron chi connectivity index (χ2n) is 4.60. The molecular formula is C13H15N3O2S. The Morgan fingerprint density at radius 1 is 1.16 bits per heavy atom. The van der Waals surface area contributed by atoms with Crippen LogP contribution in [0.15, 0.2) is 41.4 Å². The largest absolute Gasteiger partial charge is 0.330 e. The van der Waals surface area contributed by atoms with Gasteiger partial charge in [-0.1, -0.05) is 18.2 Å². The molecule has 0 radical (unpaired) electrons. The number of sulfonamides is 1. The van der Waals surface area contributed by atoms with Gasteiger partial charge in [-0.2, -0.15) is 4.31 Å². The Bertz CT molecular complexity index is 692.